The van der Waals surface area contributed by atoms with E-state index in [9.17, 15) is 53.4 Å². The molecule has 35 heteroatoms. The highest BCUT2D eigenvalue weighted by atomic mass is 16.4. The van der Waals surface area contributed by atoms with E-state index in [0.29, 0.717) is 44.3 Å². The fraction of sp³-hybridized carbons (Fsp3) is 0.673. The van der Waals surface area contributed by atoms with Crippen LogP contribution >= 0.6 is 0 Å². The molecule has 3 heterocycles. The Morgan fingerprint density at radius 2 is 0.952 bits per heavy atom. The number of aliphatic hydroxyl groups excluding tert-OH is 1. The van der Waals surface area contributed by atoms with Gasteiger partial charge in [-0.2, -0.15) is 0 Å². The SMILES string of the molecule is N=C(N)NCCC[C@H](NC(=O)[C@H](CCCNC(=N)N)NC(=O)[C@@H]1CCCN1C(=O)[C@@H](N)CCCNC(=N)N)C(=O)N[C@@H](CCCCN)C(=O)N[C@@H](CCCNC(=N)N)C(=O)N1CCC[C@H]1C(=O)N[C@@H](Cc1c[nH]cn1)C(=O)N[C@@H](CO)C(=O)O. The van der Waals surface area contributed by atoms with Crippen LogP contribution in [0.4, 0.5) is 0 Å². The van der Waals surface area contributed by atoms with Crippen molar-refractivity contribution in [2.45, 2.75) is 157 Å². The summed E-state index contributed by atoms with van der Waals surface area (Å²) in [6.07, 6.45) is 5.33. The van der Waals surface area contributed by atoms with Crippen LogP contribution in [0.5, 0.6) is 0 Å². The van der Waals surface area contributed by atoms with E-state index in [4.69, 9.17) is 56.0 Å². The smallest absolute Gasteiger partial charge is 0.328 e. The molecule has 35 nitrogen and oxygen atoms in total. The van der Waals surface area contributed by atoms with E-state index in [-0.39, 0.29) is 134 Å². The number of nitrogens with zero attached hydrogens (tertiary/aromatic N) is 3. The van der Waals surface area contributed by atoms with E-state index in [2.05, 4.69) is 63.1 Å². The van der Waals surface area contributed by atoms with Gasteiger partial charge >= 0.3 is 5.97 Å². The topological polar surface area (TPSA) is 601 Å². The number of hydrogen-bond acceptors (Lipinski definition) is 17. The lowest BCUT2D eigenvalue weighted by atomic mass is 10.0. The predicted molar refractivity (Wildman–Crippen MR) is 306 cm³/mol. The Kier molecular flexibility index (Phi) is 30.5. The summed E-state index contributed by atoms with van der Waals surface area (Å²) < 4.78 is 0. The van der Waals surface area contributed by atoms with Crippen molar-refractivity contribution in [1.82, 2.24) is 72.9 Å². The third-order valence-corrected chi connectivity index (χ3v) is 13.8. The second-order valence-corrected chi connectivity index (χ2v) is 20.4. The van der Waals surface area contributed by atoms with Crippen molar-refractivity contribution in [2.75, 3.05) is 52.4 Å². The number of carboxylic acids is 1. The van der Waals surface area contributed by atoms with Crippen molar-refractivity contribution < 1.29 is 53.4 Å². The third kappa shape index (κ3) is 24.5. The molecule has 3 rings (SSSR count). The van der Waals surface area contributed by atoms with Gasteiger partial charge in [0.25, 0.3) is 0 Å². The number of aliphatic carboxylic acids is 1. The minimum Gasteiger partial charge on any atom is -0.480 e. The first-order valence-corrected chi connectivity index (χ1v) is 28.0. The molecule has 2 fully saturated rings. The van der Waals surface area contributed by atoms with Gasteiger partial charge in [0.15, 0.2) is 23.8 Å². The molecule has 9 atom stereocenters. The first-order chi connectivity index (χ1) is 40.0. The minimum absolute atomic E-state index is 0.0151. The fourth-order valence-electron chi connectivity index (χ4n) is 9.46. The van der Waals surface area contributed by atoms with Crippen molar-refractivity contribution in [3.05, 3.63) is 18.2 Å². The summed E-state index contributed by atoms with van der Waals surface area (Å²) in [5.41, 5.74) is 34.2. The summed E-state index contributed by atoms with van der Waals surface area (Å²) in [5.74, 6) is -8.94. The van der Waals surface area contributed by atoms with Crippen LogP contribution in [-0.2, 0) is 49.6 Å². The summed E-state index contributed by atoms with van der Waals surface area (Å²) >= 11 is 0. The fourth-order valence-corrected chi connectivity index (χ4v) is 9.46. The number of likely N-dealkylation sites (tertiary alicyclic amines) is 2. The second kappa shape index (κ2) is 36.8. The van der Waals surface area contributed by atoms with Gasteiger partial charge < -0.3 is 113 Å². The molecule has 1 aromatic heterocycles. The zero-order valence-corrected chi connectivity index (χ0v) is 47.2. The summed E-state index contributed by atoms with van der Waals surface area (Å²) in [4.78, 5) is 134. The maximum Gasteiger partial charge on any atom is 0.328 e. The number of unbranched alkanes of at least 4 members (excludes halogenated alkanes) is 1. The highest BCUT2D eigenvalue weighted by molar-refractivity contribution is 5.98. The van der Waals surface area contributed by atoms with Crippen molar-refractivity contribution in [2.24, 2.45) is 34.4 Å². The first kappa shape index (κ1) is 69.7. The molecule has 0 aliphatic carbocycles. The number of amides is 8. The van der Waals surface area contributed by atoms with Crippen LogP contribution in [-0.4, -0.2) is 214 Å². The van der Waals surface area contributed by atoms with Crippen molar-refractivity contribution in [3.8, 4) is 0 Å². The highest BCUT2D eigenvalue weighted by Gasteiger charge is 2.41. The van der Waals surface area contributed by atoms with Gasteiger partial charge in [-0.15, -0.1) is 0 Å². The monoisotopic (exact) mass is 1190 g/mol. The number of nitrogens with one attached hydrogen (secondary N) is 15. The molecule has 2 aliphatic heterocycles. The Hall–Kier alpha value is -8.60. The van der Waals surface area contributed by atoms with Crippen molar-refractivity contribution in [3.63, 3.8) is 0 Å². The number of H-pyrrole nitrogens is 1. The van der Waals surface area contributed by atoms with Crippen molar-refractivity contribution >= 4 is 77.1 Å². The Bertz CT molecular complexity index is 2400. The Labute approximate surface area is 485 Å². The zero-order valence-electron chi connectivity index (χ0n) is 47.2. The third-order valence-electron chi connectivity index (χ3n) is 13.8. The van der Waals surface area contributed by atoms with Gasteiger partial charge in [0.05, 0.1) is 24.7 Å². The van der Waals surface area contributed by atoms with Crippen LogP contribution in [0.2, 0.25) is 0 Å². The van der Waals surface area contributed by atoms with Gasteiger partial charge in [0.2, 0.25) is 47.3 Å². The van der Waals surface area contributed by atoms with Gasteiger partial charge in [0, 0.05) is 51.9 Å². The number of aromatic amines is 1. The molecule has 84 heavy (non-hydrogen) atoms. The van der Waals surface area contributed by atoms with E-state index in [0.717, 1.165) is 0 Å². The largest absolute Gasteiger partial charge is 0.480 e. The summed E-state index contributed by atoms with van der Waals surface area (Å²) in [6.45, 7) is 0.112. The molecule has 2 saturated heterocycles. The molecule has 2 aliphatic rings. The summed E-state index contributed by atoms with van der Waals surface area (Å²) in [5, 5.41) is 75.4. The van der Waals surface area contributed by atoms with Crippen LogP contribution in [0.3, 0.4) is 0 Å². The molecule has 470 valence electrons. The molecule has 0 aromatic carbocycles. The van der Waals surface area contributed by atoms with Gasteiger partial charge in [-0.1, -0.05) is 0 Å². The maximum absolute atomic E-state index is 14.7. The van der Waals surface area contributed by atoms with E-state index >= 15 is 0 Å². The average Bonchev–Trinajstić information content (AvgIpc) is 3.67. The zero-order chi connectivity index (χ0) is 62.3. The molecule has 0 bridgehead atoms. The minimum atomic E-state index is -1.70. The number of carbonyl (C=O) groups is 9. The maximum atomic E-state index is 14.7. The molecule has 0 saturated carbocycles. The predicted octanol–water partition coefficient (Wildman–Crippen LogP) is -7.57. The lowest BCUT2D eigenvalue weighted by molar-refractivity contribution is -0.144. The molecular weight excluding hydrogens is 1100 g/mol. The van der Waals surface area contributed by atoms with Crippen LogP contribution in [0.25, 0.3) is 0 Å². The van der Waals surface area contributed by atoms with E-state index in [1.165, 1.54) is 22.3 Å². The number of carbonyl (C=O) groups excluding carboxylic acids is 8. The van der Waals surface area contributed by atoms with E-state index < -0.39 is 114 Å². The normalized spacial score (nSPS) is 17.1. The molecular formula is C49H88N24O11. The molecule has 0 radical (unpaired) electrons. The molecule has 0 spiro atoms. The van der Waals surface area contributed by atoms with E-state index in [1.54, 1.807) is 0 Å². The highest BCUT2D eigenvalue weighted by Crippen LogP contribution is 2.22. The number of rotatable bonds is 38. The van der Waals surface area contributed by atoms with Crippen LogP contribution in [0.1, 0.15) is 102 Å². The lowest BCUT2D eigenvalue weighted by Crippen LogP contribution is -2.60. The van der Waals surface area contributed by atoms with Gasteiger partial charge in [0.1, 0.15) is 48.3 Å². The number of aliphatic hydroxyl groups is 1. The van der Waals surface area contributed by atoms with Gasteiger partial charge in [-0.05, 0) is 103 Å². The molecule has 8 amide bonds. The van der Waals surface area contributed by atoms with Crippen LogP contribution < -0.4 is 87.6 Å². The number of carboxylic acid groups (broad SMARTS) is 1. The lowest BCUT2D eigenvalue weighted by Gasteiger charge is -2.31. The Balaban J connectivity index is 1.93. The summed E-state index contributed by atoms with van der Waals surface area (Å²) in [6, 6.07) is -11.7. The quantitative estimate of drug-likeness (QED) is 0.0166. The number of hydrogen-bond donors (Lipinski definition) is 23. The van der Waals surface area contributed by atoms with Crippen LogP contribution in [0, 0.1) is 21.6 Å². The summed E-state index contributed by atoms with van der Waals surface area (Å²) in [7, 11) is 0. The molecule has 29 N–H and O–H groups in total. The Morgan fingerprint density at radius 1 is 0.560 bits per heavy atom. The van der Waals surface area contributed by atoms with Crippen LogP contribution in [0.15, 0.2) is 12.5 Å². The number of guanidine groups is 4. The first-order valence-electron chi connectivity index (χ1n) is 28.0. The molecule has 1 aromatic rings. The van der Waals surface area contributed by atoms with Gasteiger partial charge in [-0.3, -0.25) is 60.0 Å². The standard InChI is InChI=1S/C49H88N24O11/c50-16-2-1-10-29(39(77)69-32(13-6-20-64-49(58)59)44(82)73-22-8-15-36(73)42(80)70-33(23-27-24-60-26-65-27)40(78)71-34(25-74)45(83)84)66-37(75)30(11-4-18-62-47(54)55)67-38(76)31(12-5-19-63-48(56)57)68-41(79)35-14-7-21-72(35)43(81)28(51)9-3-17-61-46(52)53/h24,26,28-36,74H,1-23,25,50-51H2,(H,60,65)(H,66,75)(H,67,76)(H,68,79)(H,69,77)(H,70,80)(H,71,78)(H,83,84)(H4,52,53,61)(H4,54,55,62)(H4,56,57,63)(H4,58,59,64)/t28-,29-,30-,31-,32-,33-,34-,35-,36-/m0/s1. The number of nitrogens with two attached hydrogens (primary N) is 6. The molecule has 0 unspecified atom stereocenters. The van der Waals surface area contributed by atoms with Gasteiger partial charge in [-0.25, -0.2) is 9.78 Å². The number of imidazole rings is 1. The van der Waals surface area contributed by atoms with E-state index in [1.807, 2.05) is 0 Å². The second-order valence-electron chi connectivity index (χ2n) is 20.4. The number of aromatic nitrogens is 2. The Morgan fingerprint density at radius 3 is 1.38 bits per heavy atom. The van der Waals surface area contributed by atoms with Crippen molar-refractivity contribution in [1.29, 1.82) is 21.6 Å². The average molecular weight is 1190 g/mol.